The maximum Gasteiger partial charge on any atom is 0.164 e. The van der Waals surface area contributed by atoms with E-state index in [9.17, 15) is 0 Å². The summed E-state index contributed by atoms with van der Waals surface area (Å²) in [5.41, 5.74) is 8.00. The van der Waals surface area contributed by atoms with Crippen LogP contribution in [0.1, 0.15) is 5.82 Å². The Balaban J connectivity index is 1.22. The summed E-state index contributed by atoms with van der Waals surface area (Å²) in [6.07, 6.45) is 15.3. The topological polar surface area (TPSA) is 65.0 Å². The van der Waals surface area contributed by atoms with Crippen LogP contribution in [-0.4, -0.2) is 15.0 Å². The van der Waals surface area contributed by atoms with Crippen LogP contribution in [-0.2, 0) is 0 Å². The fraction of sp³-hybridized carbons (Fsp3) is 0.0465. The first-order valence-corrected chi connectivity index (χ1v) is 16.2. The highest BCUT2D eigenvalue weighted by Crippen LogP contribution is 2.44. The molecule has 0 radical (unpaired) electrons. The SMILES string of the molecule is C1=CC2C=CC(c3nc(-c4ccccc4)nc(-c4ccc(-c5cccc6c5oc5ccccc56)c5oc6ccccc6c45)n3)=CC2C=C1. The van der Waals surface area contributed by atoms with Gasteiger partial charge in [0.2, 0.25) is 0 Å². The third kappa shape index (κ3) is 4.21. The minimum Gasteiger partial charge on any atom is -0.455 e. The molecule has 5 nitrogen and oxygen atoms in total. The molecule has 5 aromatic carbocycles. The summed E-state index contributed by atoms with van der Waals surface area (Å²) in [5.74, 6) is 2.48. The number of fused-ring (bicyclic) bond motifs is 7. The minimum absolute atomic E-state index is 0.264. The van der Waals surface area contributed by atoms with E-state index in [0.717, 1.165) is 71.7 Å². The van der Waals surface area contributed by atoms with Crippen molar-refractivity contribution < 1.29 is 8.83 Å². The van der Waals surface area contributed by atoms with Crippen LogP contribution in [0.5, 0.6) is 0 Å². The van der Waals surface area contributed by atoms with E-state index >= 15 is 0 Å². The van der Waals surface area contributed by atoms with Gasteiger partial charge in [-0.1, -0.05) is 127 Å². The number of rotatable bonds is 4. The molecule has 0 N–H and O–H groups in total. The first-order valence-electron chi connectivity index (χ1n) is 16.2. The average Bonchev–Trinajstić information content (AvgIpc) is 3.74. The number of aromatic nitrogens is 3. The molecule has 8 aromatic rings. The molecule has 0 saturated carbocycles. The van der Waals surface area contributed by atoms with E-state index in [4.69, 9.17) is 23.8 Å². The maximum atomic E-state index is 6.69. The molecule has 2 aliphatic rings. The Kier molecular flexibility index (Phi) is 5.93. The fourth-order valence-electron chi connectivity index (χ4n) is 7.16. The lowest BCUT2D eigenvalue weighted by Gasteiger charge is -2.22. The van der Waals surface area contributed by atoms with Gasteiger partial charge in [0.1, 0.15) is 22.3 Å². The van der Waals surface area contributed by atoms with Crippen molar-refractivity contribution >= 4 is 49.5 Å². The summed E-state index contributed by atoms with van der Waals surface area (Å²) < 4.78 is 13.2. The van der Waals surface area contributed by atoms with Gasteiger partial charge in [0.15, 0.2) is 17.5 Å². The predicted molar refractivity (Wildman–Crippen MR) is 193 cm³/mol. The van der Waals surface area contributed by atoms with Gasteiger partial charge in [0, 0.05) is 61.2 Å². The maximum absolute atomic E-state index is 6.69. The number of hydrogen-bond donors (Lipinski definition) is 0. The van der Waals surface area contributed by atoms with Crippen molar-refractivity contribution in [3.8, 4) is 33.9 Å². The van der Waals surface area contributed by atoms with Gasteiger partial charge in [0.25, 0.3) is 0 Å². The third-order valence-corrected chi connectivity index (χ3v) is 9.48. The zero-order chi connectivity index (χ0) is 31.6. The molecule has 10 rings (SSSR count). The second-order valence-corrected chi connectivity index (χ2v) is 12.3. The van der Waals surface area contributed by atoms with Crippen LogP contribution in [0.15, 0.2) is 161 Å². The molecule has 3 heterocycles. The number of furan rings is 2. The summed E-state index contributed by atoms with van der Waals surface area (Å²) in [7, 11) is 0. The Hall–Kier alpha value is -6.33. The number of nitrogens with zero attached hydrogens (tertiary/aromatic N) is 3. The van der Waals surface area contributed by atoms with Crippen molar-refractivity contribution in [2.75, 3.05) is 0 Å². The van der Waals surface area contributed by atoms with Crippen LogP contribution < -0.4 is 0 Å². The molecule has 0 amide bonds. The van der Waals surface area contributed by atoms with Crippen LogP contribution in [0.3, 0.4) is 0 Å². The molecule has 5 heteroatoms. The van der Waals surface area contributed by atoms with Gasteiger partial charge in [-0.25, -0.2) is 15.0 Å². The molecule has 0 aliphatic heterocycles. The van der Waals surface area contributed by atoms with E-state index in [1.54, 1.807) is 0 Å². The summed E-state index contributed by atoms with van der Waals surface area (Å²) in [6, 6.07) is 37.0. The highest BCUT2D eigenvalue weighted by molar-refractivity contribution is 6.18. The lowest BCUT2D eigenvalue weighted by atomic mass is 9.83. The van der Waals surface area contributed by atoms with Crippen molar-refractivity contribution in [1.82, 2.24) is 15.0 Å². The van der Waals surface area contributed by atoms with Crippen LogP contribution in [0.25, 0.3) is 83.4 Å². The molecule has 3 aromatic heterocycles. The first-order chi connectivity index (χ1) is 23.8. The standard InChI is InChI=1S/C43H27N3O2/c1-2-12-27(13-3-1)41-44-42(29-22-21-26-11-4-5-14-28(26)25-29)46-43(45-41)35-24-23-33(40-38(35)34-16-7-9-20-37(34)48-40)32-18-10-17-31-30-15-6-8-19-36(30)47-39(31)32/h1-26,28H. The Labute approximate surface area is 275 Å². The van der Waals surface area contributed by atoms with Gasteiger partial charge in [-0.3, -0.25) is 0 Å². The zero-order valence-corrected chi connectivity index (χ0v) is 25.7. The van der Waals surface area contributed by atoms with Crippen molar-refractivity contribution in [3.63, 3.8) is 0 Å². The van der Waals surface area contributed by atoms with E-state index in [-0.39, 0.29) is 5.92 Å². The van der Waals surface area contributed by atoms with Gasteiger partial charge in [-0.2, -0.15) is 0 Å². The van der Waals surface area contributed by atoms with Gasteiger partial charge in [0.05, 0.1) is 0 Å². The predicted octanol–water partition coefficient (Wildman–Crippen LogP) is 11.0. The molecule has 48 heavy (non-hydrogen) atoms. The highest BCUT2D eigenvalue weighted by Gasteiger charge is 2.24. The molecular weight excluding hydrogens is 590 g/mol. The average molecular weight is 618 g/mol. The summed E-state index contributed by atoms with van der Waals surface area (Å²) >= 11 is 0. The number of para-hydroxylation sites is 3. The Morgan fingerprint density at radius 2 is 1.10 bits per heavy atom. The van der Waals surface area contributed by atoms with Crippen molar-refractivity contribution in [2.45, 2.75) is 0 Å². The molecule has 2 atom stereocenters. The molecular formula is C43H27N3O2. The molecule has 0 fully saturated rings. The van der Waals surface area contributed by atoms with Crippen LogP contribution in [0.2, 0.25) is 0 Å². The van der Waals surface area contributed by atoms with E-state index in [1.165, 1.54) is 0 Å². The quantitative estimate of drug-likeness (QED) is 0.197. The van der Waals surface area contributed by atoms with Gasteiger partial charge in [-0.15, -0.1) is 0 Å². The number of benzene rings is 5. The molecule has 226 valence electrons. The van der Waals surface area contributed by atoms with E-state index in [1.807, 2.05) is 66.7 Å². The Bertz CT molecular complexity index is 2690. The minimum atomic E-state index is 0.264. The van der Waals surface area contributed by atoms with Crippen LogP contribution in [0, 0.1) is 11.8 Å². The fourth-order valence-corrected chi connectivity index (χ4v) is 7.16. The summed E-state index contributed by atoms with van der Waals surface area (Å²) in [5, 5.41) is 4.13. The van der Waals surface area contributed by atoms with E-state index in [2.05, 4.69) is 85.0 Å². The molecule has 2 unspecified atom stereocenters. The smallest absolute Gasteiger partial charge is 0.164 e. The monoisotopic (exact) mass is 617 g/mol. The zero-order valence-electron chi connectivity index (χ0n) is 25.7. The second kappa shape index (κ2) is 10.6. The molecule has 2 aliphatic carbocycles. The Morgan fingerprint density at radius 3 is 1.98 bits per heavy atom. The van der Waals surface area contributed by atoms with Crippen LogP contribution >= 0.6 is 0 Å². The summed E-state index contributed by atoms with van der Waals surface area (Å²) in [4.78, 5) is 15.3. The van der Waals surface area contributed by atoms with Gasteiger partial charge < -0.3 is 8.83 Å². The van der Waals surface area contributed by atoms with Crippen molar-refractivity contribution in [2.24, 2.45) is 11.8 Å². The van der Waals surface area contributed by atoms with Crippen molar-refractivity contribution in [1.29, 1.82) is 0 Å². The van der Waals surface area contributed by atoms with E-state index in [0.29, 0.717) is 23.4 Å². The van der Waals surface area contributed by atoms with E-state index < -0.39 is 0 Å². The van der Waals surface area contributed by atoms with Crippen molar-refractivity contribution in [3.05, 3.63) is 158 Å². The lowest BCUT2D eigenvalue weighted by Crippen LogP contribution is -2.12. The number of allylic oxidation sites excluding steroid dienone is 8. The Morgan fingerprint density at radius 1 is 0.458 bits per heavy atom. The summed E-state index contributed by atoms with van der Waals surface area (Å²) in [6.45, 7) is 0. The van der Waals surface area contributed by atoms with Gasteiger partial charge in [-0.05, 0) is 24.3 Å². The van der Waals surface area contributed by atoms with Gasteiger partial charge >= 0.3 is 0 Å². The molecule has 0 saturated heterocycles. The molecule has 0 bridgehead atoms. The third-order valence-electron chi connectivity index (χ3n) is 9.48. The molecule has 0 spiro atoms. The lowest BCUT2D eigenvalue weighted by molar-refractivity contribution is 0.662. The first kappa shape index (κ1) is 26.8. The number of hydrogen-bond acceptors (Lipinski definition) is 5. The van der Waals surface area contributed by atoms with Crippen LogP contribution in [0.4, 0.5) is 0 Å². The second-order valence-electron chi connectivity index (χ2n) is 12.3. The largest absolute Gasteiger partial charge is 0.455 e. The highest BCUT2D eigenvalue weighted by atomic mass is 16.3. The normalized spacial score (nSPS) is 17.0.